The van der Waals surface area contributed by atoms with Crippen molar-refractivity contribution in [2.75, 3.05) is 37.0 Å². The molecule has 12 heteroatoms. The summed E-state index contributed by atoms with van der Waals surface area (Å²) in [5, 5.41) is 17.3. The second-order valence-electron chi connectivity index (χ2n) is 10.4. The summed E-state index contributed by atoms with van der Waals surface area (Å²) < 4.78 is 12.8. The Morgan fingerprint density at radius 3 is 2.67 bits per heavy atom. The third kappa shape index (κ3) is 5.86. The molecule has 1 aliphatic carbocycles. The summed E-state index contributed by atoms with van der Waals surface area (Å²) in [5.74, 6) is -0.00948. The molecule has 0 spiro atoms. The fourth-order valence-corrected chi connectivity index (χ4v) is 5.78. The van der Waals surface area contributed by atoms with Crippen molar-refractivity contribution < 1.29 is 19.1 Å². The van der Waals surface area contributed by atoms with Gasteiger partial charge in [-0.1, -0.05) is 6.07 Å². The van der Waals surface area contributed by atoms with Gasteiger partial charge in [-0.25, -0.2) is 9.97 Å². The van der Waals surface area contributed by atoms with Gasteiger partial charge in [0.15, 0.2) is 5.13 Å². The van der Waals surface area contributed by atoms with Crippen LogP contribution >= 0.6 is 11.3 Å². The van der Waals surface area contributed by atoms with Crippen molar-refractivity contribution in [2.45, 2.75) is 56.9 Å². The van der Waals surface area contributed by atoms with Gasteiger partial charge in [-0.05, 0) is 51.3 Å². The molecule has 3 aromatic rings. The second kappa shape index (κ2) is 11.8. The average molecular weight is 564 g/mol. The highest BCUT2D eigenvalue weighted by Gasteiger charge is 2.39. The monoisotopic (exact) mass is 563 g/mol. The van der Waals surface area contributed by atoms with Crippen molar-refractivity contribution in [2.24, 2.45) is 0 Å². The zero-order valence-corrected chi connectivity index (χ0v) is 23.6. The first kappa shape index (κ1) is 27.8. The van der Waals surface area contributed by atoms with E-state index in [1.165, 1.54) is 18.4 Å². The van der Waals surface area contributed by atoms with Crippen molar-refractivity contribution in [3.8, 4) is 17.5 Å². The lowest BCUT2D eigenvalue weighted by atomic mass is 9.78. The van der Waals surface area contributed by atoms with Gasteiger partial charge in [0.2, 0.25) is 0 Å². The minimum absolute atomic E-state index is 0.0152. The zero-order chi connectivity index (χ0) is 28.3. The van der Waals surface area contributed by atoms with Crippen LogP contribution in [0.5, 0.6) is 0 Å². The lowest BCUT2D eigenvalue weighted by Gasteiger charge is -2.36. The Morgan fingerprint density at radius 1 is 1.23 bits per heavy atom. The number of nitrogens with one attached hydrogen (secondary N) is 2. The van der Waals surface area contributed by atoms with Crippen molar-refractivity contribution >= 4 is 34.1 Å². The van der Waals surface area contributed by atoms with E-state index in [2.05, 4.69) is 40.4 Å². The first-order valence-corrected chi connectivity index (χ1v) is 14.2. The highest BCUT2D eigenvalue weighted by Crippen LogP contribution is 2.38. The predicted molar refractivity (Wildman–Crippen MR) is 151 cm³/mol. The van der Waals surface area contributed by atoms with Crippen molar-refractivity contribution in [1.29, 1.82) is 5.26 Å². The first-order valence-electron chi connectivity index (χ1n) is 13.3. The summed E-state index contributed by atoms with van der Waals surface area (Å²) in [4.78, 5) is 37.6. The van der Waals surface area contributed by atoms with Gasteiger partial charge in [0, 0.05) is 38.0 Å². The van der Waals surface area contributed by atoms with E-state index in [1.54, 1.807) is 23.0 Å². The molecule has 40 heavy (non-hydrogen) atoms. The minimum Gasteiger partial charge on any atom is -0.382 e. The van der Waals surface area contributed by atoms with Crippen LogP contribution in [0.4, 0.5) is 10.9 Å². The topological polar surface area (TPSA) is 134 Å². The molecule has 1 saturated carbocycles. The predicted octanol–water partition coefficient (Wildman–Crippen LogP) is 3.41. The molecule has 3 aromatic heterocycles. The molecule has 0 aromatic carbocycles. The van der Waals surface area contributed by atoms with Crippen LogP contribution in [-0.4, -0.2) is 71.4 Å². The fraction of sp³-hybridized carbons (Fsp3) is 0.464. The van der Waals surface area contributed by atoms with Crippen LogP contribution in [0.3, 0.4) is 0 Å². The number of nitriles is 1. The number of ether oxygens (including phenoxy) is 2. The van der Waals surface area contributed by atoms with Crippen LogP contribution in [0.1, 0.15) is 43.5 Å². The molecule has 1 aliphatic heterocycles. The third-order valence-electron chi connectivity index (χ3n) is 7.27. The molecule has 0 unspecified atom stereocenters. The van der Waals surface area contributed by atoms with Gasteiger partial charge in [0.05, 0.1) is 36.1 Å². The summed E-state index contributed by atoms with van der Waals surface area (Å²) in [6, 6.07) is 8.88. The summed E-state index contributed by atoms with van der Waals surface area (Å²) in [6.07, 6.45) is 6.13. The van der Waals surface area contributed by atoms with E-state index in [0.717, 1.165) is 38.2 Å². The van der Waals surface area contributed by atoms with Crippen LogP contribution in [0.15, 0.2) is 42.0 Å². The number of hydrogen-bond acceptors (Lipinski definition) is 9. The molecular formula is C28H33N7O4S. The number of pyridine rings is 1. The quantitative estimate of drug-likeness (QED) is 0.405. The summed E-state index contributed by atoms with van der Waals surface area (Å²) in [5.41, 5.74) is 1.14. The summed E-state index contributed by atoms with van der Waals surface area (Å²) in [7, 11) is 1.46. The molecule has 2 N–H and O–H groups in total. The lowest BCUT2D eigenvalue weighted by Crippen LogP contribution is -2.46. The Labute approximate surface area is 237 Å². The van der Waals surface area contributed by atoms with Crippen LogP contribution in [0.25, 0.3) is 11.4 Å². The van der Waals surface area contributed by atoms with E-state index in [-0.39, 0.29) is 18.8 Å². The van der Waals surface area contributed by atoms with E-state index in [9.17, 15) is 14.9 Å². The molecule has 0 bridgehead atoms. The fourth-order valence-electron chi connectivity index (χ4n) is 5.08. The smallest absolute Gasteiger partial charge is 0.253 e. The largest absolute Gasteiger partial charge is 0.382 e. The maximum Gasteiger partial charge on any atom is 0.253 e. The number of nitrogens with zero attached hydrogens (tertiary/aromatic N) is 5. The van der Waals surface area contributed by atoms with E-state index in [1.807, 2.05) is 23.6 Å². The Balaban J connectivity index is 1.23. The molecule has 5 rings (SSSR count). The highest BCUT2D eigenvalue weighted by molar-refractivity contribution is 7.14. The summed E-state index contributed by atoms with van der Waals surface area (Å²) in [6.45, 7) is 5.61. The number of hydrogen-bond donors (Lipinski definition) is 2. The van der Waals surface area contributed by atoms with E-state index in [4.69, 9.17) is 14.5 Å². The second-order valence-corrected chi connectivity index (χ2v) is 11.2. The Kier molecular flexibility index (Phi) is 8.16. The van der Waals surface area contributed by atoms with E-state index >= 15 is 0 Å². The van der Waals surface area contributed by atoms with Crippen LogP contribution < -0.4 is 15.5 Å². The van der Waals surface area contributed by atoms with Gasteiger partial charge in [-0.3, -0.25) is 9.59 Å². The van der Waals surface area contributed by atoms with Crippen LogP contribution in [-0.2, 0) is 19.8 Å². The van der Waals surface area contributed by atoms with Crippen molar-refractivity contribution in [1.82, 2.24) is 19.9 Å². The van der Waals surface area contributed by atoms with E-state index in [0.29, 0.717) is 22.1 Å². The molecular weight excluding hydrogens is 530 g/mol. The van der Waals surface area contributed by atoms with E-state index < -0.39 is 23.4 Å². The number of thiazole rings is 1. The molecule has 1 saturated heterocycles. The Bertz CT molecular complexity index is 1400. The van der Waals surface area contributed by atoms with Gasteiger partial charge in [0.1, 0.15) is 23.1 Å². The number of carbonyl (C=O) groups excluding carboxylic acids is 2. The van der Waals surface area contributed by atoms with Gasteiger partial charge in [0.25, 0.3) is 11.8 Å². The SMILES string of the molecule is COC[C@H](NC(=O)c1ccn(C2(C#N)CCC2)c1)C(=O)Nc1nc(-c2cccc(N3C[C@@H](C)O[C@@H](C)C3)n2)cs1. The number of morpholine rings is 1. The van der Waals surface area contributed by atoms with Gasteiger partial charge in [-0.2, -0.15) is 5.26 Å². The van der Waals surface area contributed by atoms with Crippen molar-refractivity contribution in [3.05, 3.63) is 47.6 Å². The Morgan fingerprint density at radius 2 is 2.00 bits per heavy atom. The maximum absolute atomic E-state index is 13.1. The third-order valence-corrected chi connectivity index (χ3v) is 8.03. The number of anilines is 2. The van der Waals surface area contributed by atoms with Crippen molar-refractivity contribution in [3.63, 3.8) is 0 Å². The minimum atomic E-state index is -0.936. The number of carbonyl (C=O) groups is 2. The molecule has 4 heterocycles. The summed E-state index contributed by atoms with van der Waals surface area (Å²) >= 11 is 1.28. The first-order chi connectivity index (χ1) is 19.3. The van der Waals surface area contributed by atoms with Crippen LogP contribution in [0.2, 0.25) is 0 Å². The van der Waals surface area contributed by atoms with Gasteiger partial charge >= 0.3 is 0 Å². The Hall–Kier alpha value is -3.79. The molecule has 2 fully saturated rings. The average Bonchev–Trinajstić information content (AvgIpc) is 3.58. The van der Waals surface area contributed by atoms with Gasteiger partial charge < -0.3 is 29.6 Å². The number of aromatic nitrogens is 3. The zero-order valence-electron chi connectivity index (χ0n) is 22.8. The normalized spacial score (nSPS) is 20.7. The number of methoxy groups -OCH3 is 1. The molecule has 0 radical (unpaired) electrons. The molecule has 210 valence electrons. The standard InChI is InChI=1S/C28H33N7O4S/c1-18-12-34(13-19(2)39-18)24-7-4-6-21(30-24)23-16-40-27(32-23)33-26(37)22(15-38-3)31-25(36)20-8-11-35(14-20)28(17-29)9-5-10-28/h4,6-8,11,14,16,18-19,22H,5,9-10,12-13,15H2,1-3H3,(H,31,36)(H,32,33,37)/t18-,19+,22-/m0/s1. The number of amides is 2. The number of rotatable bonds is 9. The highest BCUT2D eigenvalue weighted by atomic mass is 32.1. The lowest BCUT2D eigenvalue weighted by molar-refractivity contribution is -0.119. The molecule has 3 atom stereocenters. The maximum atomic E-state index is 13.1. The van der Waals surface area contributed by atoms with Crippen LogP contribution in [0, 0.1) is 11.3 Å². The molecule has 2 aliphatic rings. The molecule has 11 nitrogen and oxygen atoms in total. The molecule has 2 amide bonds. The van der Waals surface area contributed by atoms with Gasteiger partial charge in [-0.15, -0.1) is 11.3 Å².